The molecule has 0 atom stereocenters. The number of hydrogen-bond acceptors (Lipinski definition) is 4. The SMILES string of the molecule is CC(=O)Nc1ccc(NC(=O)C(=O)N2CCC(Oc3ccc(Cl)cc3)CC2)cc1. The van der Waals surface area contributed by atoms with E-state index in [9.17, 15) is 14.4 Å². The molecule has 8 heteroatoms. The number of nitrogens with zero attached hydrogens (tertiary/aromatic N) is 1. The molecule has 0 aliphatic carbocycles. The zero-order chi connectivity index (χ0) is 20.8. The molecule has 0 saturated carbocycles. The molecule has 0 spiro atoms. The van der Waals surface area contributed by atoms with E-state index in [4.69, 9.17) is 16.3 Å². The number of nitrogens with one attached hydrogen (secondary N) is 2. The number of halogens is 1. The van der Waals surface area contributed by atoms with E-state index >= 15 is 0 Å². The number of rotatable bonds is 4. The number of carbonyl (C=O) groups excluding carboxylic acids is 3. The number of likely N-dealkylation sites (tertiary alicyclic amines) is 1. The molecular formula is C21H22ClN3O4. The van der Waals surface area contributed by atoms with E-state index in [1.54, 1.807) is 36.4 Å². The maximum Gasteiger partial charge on any atom is 0.313 e. The topological polar surface area (TPSA) is 87.7 Å². The molecule has 1 heterocycles. The van der Waals surface area contributed by atoms with Gasteiger partial charge in [-0.25, -0.2) is 0 Å². The van der Waals surface area contributed by atoms with Crippen molar-refractivity contribution in [2.24, 2.45) is 0 Å². The van der Waals surface area contributed by atoms with Crippen LogP contribution in [-0.4, -0.2) is 41.8 Å². The molecule has 2 aromatic rings. The van der Waals surface area contributed by atoms with Crippen LogP contribution in [0.15, 0.2) is 48.5 Å². The van der Waals surface area contributed by atoms with Crippen LogP contribution in [0.25, 0.3) is 0 Å². The summed E-state index contributed by atoms with van der Waals surface area (Å²) >= 11 is 5.87. The minimum absolute atomic E-state index is 0.00962. The number of ether oxygens (including phenoxy) is 1. The van der Waals surface area contributed by atoms with Gasteiger partial charge in [0, 0.05) is 49.3 Å². The van der Waals surface area contributed by atoms with Crippen LogP contribution in [0.2, 0.25) is 5.02 Å². The Balaban J connectivity index is 1.47. The van der Waals surface area contributed by atoms with Gasteiger partial charge < -0.3 is 20.3 Å². The Bertz CT molecular complexity index is 876. The highest BCUT2D eigenvalue weighted by molar-refractivity contribution is 6.39. The first kappa shape index (κ1) is 20.7. The van der Waals surface area contributed by atoms with Crippen LogP contribution >= 0.6 is 11.6 Å². The van der Waals surface area contributed by atoms with Gasteiger partial charge in [-0.1, -0.05) is 11.6 Å². The Morgan fingerprint density at radius 2 is 1.48 bits per heavy atom. The fourth-order valence-electron chi connectivity index (χ4n) is 3.05. The number of carbonyl (C=O) groups is 3. The van der Waals surface area contributed by atoms with E-state index in [1.165, 1.54) is 11.8 Å². The zero-order valence-electron chi connectivity index (χ0n) is 16.0. The lowest BCUT2D eigenvalue weighted by atomic mass is 10.1. The molecule has 0 aromatic heterocycles. The Morgan fingerprint density at radius 3 is 2.03 bits per heavy atom. The van der Waals surface area contributed by atoms with Gasteiger partial charge in [-0.2, -0.15) is 0 Å². The molecule has 0 radical (unpaired) electrons. The Hall–Kier alpha value is -3.06. The third-order valence-corrected chi connectivity index (χ3v) is 4.75. The van der Waals surface area contributed by atoms with Crippen molar-refractivity contribution >= 4 is 40.7 Å². The first-order valence-electron chi connectivity index (χ1n) is 9.31. The van der Waals surface area contributed by atoms with Gasteiger partial charge in [-0.05, 0) is 48.5 Å². The summed E-state index contributed by atoms with van der Waals surface area (Å²) in [5.41, 5.74) is 1.10. The van der Waals surface area contributed by atoms with Crippen LogP contribution in [0.3, 0.4) is 0 Å². The smallest absolute Gasteiger partial charge is 0.313 e. The van der Waals surface area contributed by atoms with Crippen molar-refractivity contribution in [3.8, 4) is 5.75 Å². The number of benzene rings is 2. The molecule has 2 N–H and O–H groups in total. The maximum atomic E-state index is 12.4. The molecule has 1 saturated heterocycles. The van der Waals surface area contributed by atoms with Crippen molar-refractivity contribution in [2.45, 2.75) is 25.9 Å². The second-order valence-electron chi connectivity index (χ2n) is 6.78. The number of amides is 3. The van der Waals surface area contributed by atoms with Gasteiger partial charge in [0.05, 0.1) is 0 Å². The van der Waals surface area contributed by atoms with E-state index in [0.29, 0.717) is 42.3 Å². The predicted octanol–water partition coefficient (Wildman–Crippen LogP) is 3.31. The normalized spacial score (nSPS) is 14.2. The number of piperidine rings is 1. The predicted molar refractivity (Wildman–Crippen MR) is 111 cm³/mol. The minimum atomic E-state index is -0.686. The quantitative estimate of drug-likeness (QED) is 0.750. The molecule has 152 valence electrons. The van der Waals surface area contributed by atoms with Crippen LogP contribution in [0, 0.1) is 0 Å². The standard InChI is InChI=1S/C21H22ClN3O4/c1-14(26)23-16-4-6-17(7-5-16)24-20(27)21(28)25-12-10-19(11-13-25)29-18-8-2-15(22)3-9-18/h2-9,19H,10-13H2,1H3,(H,23,26)(H,24,27). The fraction of sp³-hybridized carbons (Fsp3) is 0.286. The third-order valence-electron chi connectivity index (χ3n) is 4.50. The maximum absolute atomic E-state index is 12.4. The molecule has 2 aromatic carbocycles. The Morgan fingerprint density at radius 1 is 0.931 bits per heavy atom. The second-order valence-corrected chi connectivity index (χ2v) is 7.21. The molecule has 1 aliphatic rings. The number of anilines is 2. The fourth-order valence-corrected chi connectivity index (χ4v) is 3.18. The van der Waals surface area contributed by atoms with E-state index in [-0.39, 0.29) is 12.0 Å². The molecule has 0 unspecified atom stereocenters. The molecule has 7 nitrogen and oxygen atoms in total. The summed E-state index contributed by atoms with van der Waals surface area (Å²) in [5.74, 6) is -0.699. The molecule has 1 fully saturated rings. The van der Waals surface area contributed by atoms with E-state index in [0.717, 1.165) is 5.75 Å². The van der Waals surface area contributed by atoms with Crippen molar-refractivity contribution in [2.75, 3.05) is 23.7 Å². The summed E-state index contributed by atoms with van der Waals surface area (Å²) < 4.78 is 5.91. The van der Waals surface area contributed by atoms with Crippen LogP contribution < -0.4 is 15.4 Å². The highest BCUT2D eigenvalue weighted by Gasteiger charge is 2.28. The van der Waals surface area contributed by atoms with Gasteiger partial charge in [0.1, 0.15) is 11.9 Å². The van der Waals surface area contributed by atoms with Crippen molar-refractivity contribution in [1.82, 2.24) is 4.90 Å². The van der Waals surface area contributed by atoms with Crippen LogP contribution in [-0.2, 0) is 14.4 Å². The summed E-state index contributed by atoms with van der Waals surface area (Å²) in [6.07, 6.45) is 1.28. The van der Waals surface area contributed by atoms with Gasteiger partial charge >= 0.3 is 11.8 Å². The lowest BCUT2D eigenvalue weighted by Crippen LogP contribution is -2.46. The Kier molecular flexibility index (Phi) is 6.72. The van der Waals surface area contributed by atoms with Crippen LogP contribution in [0.4, 0.5) is 11.4 Å². The monoisotopic (exact) mass is 415 g/mol. The highest BCUT2D eigenvalue weighted by Crippen LogP contribution is 2.21. The van der Waals surface area contributed by atoms with Crippen LogP contribution in [0.5, 0.6) is 5.75 Å². The van der Waals surface area contributed by atoms with Gasteiger partial charge in [-0.3, -0.25) is 14.4 Å². The molecular weight excluding hydrogens is 394 g/mol. The average molecular weight is 416 g/mol. The van der Waals surface area contributed by atoms with E-state index < -0.39 is 11.8 Å². The van der Waals surface area contributed by atoms with Gasteiger partial charge in [0.2, 0.25) is 5.91 Å². The molecule has 3 amide bonds. The zero-order valence-corrected chi connectivity index (χ0v) is 16.7. The third kappa shape index (κ3) is 5.96. The van der Waals surface area contributed by atoms with Crippen molar-refractivity contribution < 1.29 is 19.1 Å². The van der Waals surface area contributed by atoms with E-state index in [2.05, 4.69) is 10.6 Å². The summed E-state index contributed by atoms with van der Waals surface area (Å²) in [7, 11) is 0. The second kappa shape index (κ2) is 9.43. The van der Waals surface area contributed by atoms with Gasteiger partial charge in [0.15, 0.2) is 0 Å². The average Bonchev–Trinajstić information content (AvgIpc) is 2.71. The summed E-state index contributed by atoms with van der Waals surface area (Å²) in [6, 6.07) is 13.7. The summed E-state index contributed by atoms with van der Waals surface area (Å²) in [6.45, 7) is 2.32. The lowest BCUT2D eigenvalue weighted by molar-refractivity contribution is -0.144. The summed E-state index contributed by atoms with van der Waals surface area (Å²) in [5, 5.41) is 5.87. The van der Waals surface area contributed by atoms with Crippen molar-refractivity contribution in [1.29, 1.82) is 0 Å². The van der Waals surface area contributed by atoms with Crippen molar-refractivity contribution in [3.05, 3.63) is 53.6 Å². The molecule has 0 bridgehead atoms. The highest BCUT2D eigenvalue weighted by atomic mass is 35.5. The lowest BCUT2D eigenvalue weighted by Gasteiger charge is -2.31. The largest absolute Gasteiger partial charge is 0.490 e. The first-order valence-corrected chi connectivity index (χ1v) is 9.68. The van der Waals surface area contributed by atoms with Crippen LogP contribution in [0.1, 0.15) is 19.8 Å². The minimum Gasteiger partial charge on any atom is -0.490 e. The first-order chi connectivity index (χ1) is 13.9. The number of hydrogen-bond donors (Lipinski definition) is 2. The molecule has 1 aliphatic heterocycles. The van der Waals surface area contributed by atoms with Gasteiger partial charge in [-0.15, -0.1) is 0 Å². The van der Waals surface area contributed by atoms with Crippen molar-refractivity contribution in [3.63, 3.8) is 0 Å². The van der Waals surface area contributed by atoms with Gasteiger partial charge in [0.25, 0.3) is 0 Å². The van der Waals surface area contributed by atoms with E-state index in [1.807, 2.05) is 12.1 Å². The summed E-state index contributed by atoms with van der Waals surface area (Å²) in [4.78, 5) is 37.2. The molecule has 29 heavy (non-hydrogen) atoms. The Labute approximate surface area is 174 Å². The molecule has 3 rings (SSSR count).